The van der Waals surface area contributed by atoms with Crippen LogP contribution in [0.5, 0.6) is 0 Å². The molecule has 1 saturated carbocycles. The average molecular weight is 363 g/mol. The molecule has 2 heterocycles. The summed E-state index contributed by atoms with van der Waals surface area (Å²) in [6.45, 7) is 2.00. The number of aryl methyl sites for hydroxylation is 1. The molecule has 2 atom stereocenters. The van der Waals surface area contributed by atoms with Crippen molar-refractivity contribution in [1.29, 1.82) is 5.26 Å². The van der Waals surface area contributed by atoms with Crippen LogP contribution in [0.15, 0.2) is 42.9 Å². The van der Waals surface area contributed by atoms with Gasteiger partial charge in [0, 0.05) is 24.0 Å². The van der Waals surface area contributed by atoms with Crippen LogP contribution in [0.1, 0.15) is 12.0 Å². The molecule has 5 nitrogen and oxygen atoms in total. The summed E-state index contributed by atoms with van der Waals surface area (Å²) in [4.78, 5) is 20.5. The third-order valence-electron chi connectivity index (χ3n) is 4.66. The predicted octanol–water partition coefficient (Wildman–Crippen LogP) is 4.36. The lowest BCUT2D eigenvalue weighted by Crippen LogP contribution is -2.15. The third kappa shape index (κ3) is 3.00. The molecule has 3 aromatic rings. The summed E-state index contributed by atoms with van der Waals surface area (Å²) in [5.41, 5.74) is 3.10. The molecule has 0 spiro atoms. The minimum absolute atomic E-state index is 0.157. The van der Waals surface area contributed by atoms with Crippen LogP contribution in [0, 0.1) is 30.1 Å². The maximum atomic E-state index is 12.1. The van der Waals surface area contributed by atoms with Gasteiger partial charge in [0.2, 0.25) is 5.91 Å². The second kappa shape index (κ2) is 6.40. The molecule has 2 unspecified atom stereocenters. The van der Waals surface area contributed by atoms with Crippen molar-refractivity contribution in [3.05, 3.63) is 53.4 Å². The van der Waals surface area contributed by atoms with Gasteiger partial charge in [0.1, 0.15) is 5.82 Å². The predicted molar refractivity (Wildman–Crippen MR) is 101 cm³/mol. The number of pyridine rings is 2. The summed E-state index contributed by atoms with van der Waals surface area (Å²) in [6.07, 6.45) is 5.84. The third-order valence-corrected chi connectivity index (χ3v) is 4.97. The van der Waals surface area contributed by atoms with Gasteiger partial charge in [-0.2, -0.15) is 5.26 Å². The van der Waals surface area contributed by atoms with E-state index in [9.17, 15) is 4.79 Å². The molecule has 0 bridgehead atoms. The Bertz CT molecular complexity index is 1070. The van der Waals surface area contributed by atoms with Crippen LogP contribution in [0.4, 0.5) is 5.82 Å². The zero-order valence-corrected chi connectivity index (χ0v) is 14.8. The van der Waals surface area contributed by atoms with E-state index in [0.29, 0.717) is 17.3 Å². The number of hydrogen-bond acceptors (Lipinski definition) is 4. The van der Waals surface area contributed by atoms with E-state index in [-0.39, 0.29) is 17.7 Å². The molecule has 0 aliphatic heterocycles. The Morgan fingerprint density at radius 2 is 2.19 bits per heavy atom. The minimum Gasteiger partial charge on any atom is -0.310 e. The lowest BCUT2D eigenvalue weighted by molar-refractivity contribution is -0.117. The number of anilines is 1. The van der Waals surface area contributed by atoms with Gasteiger partial charge < -0.3 is 5.32 Å². The van der Waals surface area contributed by atoms with Crippen LogP contribution in [0.25, 0.3) is 21.9 Å². The molecule has 1 fully saturated rings. The van der Waals surface area contributed by atoms with Gasteiger partial charge >= 0.3 is 0 Å². The second-order valence-electron chi connectivity index (χ2n) is 6.51. The van der Waals surface area contributed by atoms with Gasteiger partial charge in [-0.15, -0.1) is 0 Å². The molecule has 0 radical (unpaired) electrons. The fourth-order valence-corrected chi connectivity index (χ4v) is 3.36. The van der Waals surface area contributed by atoms with E-state index < -0.39 is 0 Å². The van der Waals surface area contributed by atoms with Crippen molar-refractivity contribution in [3.63, 3.8) is 0 Å². The summed E-state index contributed by atoms with van der Waals surface area (Å²) >= 11 is 6.44. The Kier molecular flexibility index (Phi) is 4.06. The Morgan fingerprint density at radius 3 is 2.92 bits per heavy atom. The van der Waals surface area contributed by atoms with Crippen LogP contribution in [-0.4, -0.2) is 15.9 Å². The Balaban J connectivity index is 1.70. The number of nitrogens with zero attached hydrogens (tertiary/aromatic N) is 3. The summed E-state index contributed by atoms with van der Waals surface area (Å²) in [7, 11) is 0. The van der Waals surface area contributed by atoms with Gasteiger partial charge in [0.25, 0.3) is 0 Å². The molecular formula is C20H15ClN4O. The number of rotatable bonds is 3. The van der Waals surface area contributed by atoms with Crippen LogP contribution in [-0.2, 0) is 4.79 Å². The van der Waals surface area contributed by atoms with Gasteiger partial charge in [-0.05, 0) is 59.7 Å². The van der Waals surface area contributed by atoms with E-state index in [0.717, 1.165) is 27.5 Å². The van der Waals surface area contributed by atoms with Crippen LogP contribution < -0.4 is 5.32 Å². The van der Waals surface area contributed by atoms with E-state index in [1.807, 2.05) is 37.4 Å². The number of fused-ring (bicyclic) bond motifs is 1. The molecule has 1 amide bonds. The van der Waals surface area contributed by atoms with Crippen LogP contribution >= 0.6 is 11.6 Å². The minimum atomic E-state index is -0.230. The summed E-state index contributed by atoms with van der Waals surface area (Å²) in [5, 5.41) is 14.0. The fraction of sp³-hybridized carbons (Fsp3) is 0.200. The van der Waals surface area contributed by atoms with Crippen molar-refractivity contribution < 1.29 is 4.79 Å². The molecule has 128 valence electrons. The number of nitrogens with one attached hydrogen (secondary N) is 1. The molecule has 4 rings (SSSR count). The topological polar surface area (TPSA) is 78.7 Å². The first-order chi connectivity index (χ1) is 12.6. The molecule has 1 aliphatic rings. The second-order valence-corrected chi connectivity index (χ2v) is 6.91. The lowest BCUT2D eigenvalue weighted by atomic mass is 10.00. The number of hydrogen-bond donors (Lipinski definition) is 1. The van der Waals surface area contributed by atoms with Crippen molar-refractivity contribution >= 4 is 34.1 Å². The normalized spacial score (nSPS) is 18.3. The highest BCUT2D eigenvalue weighted by Crippen LogP contribution is 2.38. The van der Waals surface area contributed by atoms with Gasteiger partial charge in [-0.1, -0.05) is 11.6 Å². The van der Waals surface area contributed by atoms with E-state index in [4.69, 9.17) is 16.9 Å². The zero-order chi connectivity index (χ0) is 18.3. The maximum absolute atomic E-state index is 12.1. The van der Waals surface area contributed by atoms with E-state index in [2.05, 4.69) is 21.4 Å². The standard InChI is InChI=1S/C20H15ClN4O/c1-11-9-23-3-2-15(11)12-4-13-7-19(24-10-17(13)18(21)6-12)25-20(26)16-5-14(16)8-22/h2-4,6-7,9-10,14,16H,5H2,1H3,(H,24,25,26). The first-order valence-corrected chi connectivity index (χ1v) is 8.65. The van der Waals surface area contributed by atoms with Crippen molar-refractivity contribution in [3.8, 4) is 17.2 Å². The Hall–Kier alpha value is -2.97. The van der Waals surface area contributed by atoms with Crippen molar-refractivity contribution in [2.45, 2.75) is 13.3 Å². The molecule has 2 aromatic heterocycles. The number of halogens is 1. The number of carbonyl (C=O) groups is 1. The van der Waals surface area contributed by atoms with E-state index >= 15 is 0 Å². The molecule has 1 aliphatic carbocycles. The molecule has 1 N–H and O–H groups in total. The lowest BCUT2D eigenvalue weighted by Gasteiger charge is -2.10. The maximum Gasteiger partial charge on any atom is 0.230 e. The summed E-state index contributed by atoms with van der Waals surface area (Å²) < 4.78 is 0. The van der Waals surface area contributed by atoms with Crippen molar-refractivity contribution in [2.75, 3.05) is 5.32 Å². The van der Waals surface area contributed by atoms with Gasteiger partial charge in [-0.3, -0.25) is 9.78 Å². The average Bonchev–Trinajstić information content (AvgIpc) is 3.42. The highest BCUT2D eigenvalue weighted by atomic mass is 35.5. The largest absolute Gasteiger partial charge is 0.310 e. The zero-order valence-electron chi connectivity index (χ0n) is 14.0. The van der Waals surface area contributed by atoms with Crippen molar-refractivity contribution in [2.24, 2.45) is 11.8 Å². The first kappa shape index (κ1) is 16.5. The summed E-state index contributed by atoms with van der Waals surface area (Å²) in [5.74, 6) is -0.0977. The van der Waals surface area contributed by atoms with E-state index in [1.165, 1.54) is 0 Å². The van der Waals surface area contributed by atoms with Gasteiger partial charge in [0.15, 0.2) is 0 Å². The first-order valence-electron chi connectivity index (χ1n) is 8.27. The quantitative estimate of drug-likeness (QED) is 0.750. The fourth-order valence-electron chi connectivity index (χ4n) is 3.08. The van der Waals surface area contributed by atoms with Crippen molar-refractivity contribution in [1.82, 2.24) is 9.97 Å². The number of carbonyl (C=O) groups excluding carboxylic acids is 1. The highest BCUT2D eigenvalue weighted by molar-refractivity contribution is 6.36. The number of amides is 1. The smallest absolute Gasteiger partial charge is 0.230 e. The molecule has 26 heavy (non-hydrogen) atoms. The number of aromatic nitrogens is 2. The Labute approximate surface area is 155 Å². The number of benzene rings is 1. The van der Waals surface area contributed by atoms with Gasteiger partial charge in [0.05, 0.1) is 22.9 Å². The van der Waals surface area contributed by atoms with Crippen LogP contribution in [0.2, 0.25) is 5.02 Å². The SMILES string of the molecule is Cc1cnccc1-c1cc(Cl)c2cnc(NC(=O)C3CC3C#N)cc2c1. The van der Waals surface area contributed by atoms with Crippen LogP contribution in [0.3, 0.4) is 0 Å². The van der Waals surface area contributed by atoms with Gasteiger partial charge in [-0.25, -0.2) is 4.98 Å². The number of nitriles is 1. The molecule has 6 heteroatoms. The summed E-state index contributed by atoms with van der Waals surface area (Å²) in [6, 6.07) is 9.81. The molecule has 0 saturated heterocycles. The Morgan fingerprint density at radius 1 is 1.35 bits per heavy atom. The van der Waals surface area contributed by atoms with E-state index in [1.54, 1.807) is 12.4 Å². The highest BCUT2D eigenvalue weighted by Gasteiger charge is 2.43. The molecular weight excluding hydrogens is 348 g/mol. The monoisotopic (exact) mass is 362 g/mol. The molecule has 1 aromatic carbocycles.